The fraction of sp³-hybridized carbons (Fsp3) is 0.692. The van der Waals surface area contributed by atoms with E-state index in [1.807, 2.05) is 52.0 Å². The Kier molecular flexibility index (Phi) is 19.5. The number of benzene rings is 1. The van der Waals surface area contributed by atoms with Crippen molar-refractivity contribution in [2.45, 2.75) is 167 Å². The normalized spacial score (nSPS) is 36.8. The maximum absolute atomic E-state index is 14.5. The van der Waals surface area contributed by atoms with Crippen LogP contribution >= 0.6 is 0 Å². The van der Waals surface area contributed by atoms with Crippen LogP contribution in [0.2, 0.25) is 0 Å². The van der Waals surface area contributed by atoms with Crippen LogP contribution in [-0.4, -0.2) is 116 Å². The second-order valence-electron chi connectivity index (χ2n) is 19.2. The molecule has 1 aromatic rings. The summed E-state index contributed by atoms with van der Waals surface area (Å²) in [5.74, 6) is -6.10. The number of methoxy groups -OCH3 is 3. The van der Waals surface area contributed by atoms with Crippen molar-refractivity contribution in [2.24, 2.45) is 29.6 Å². The van der Waals surface area contributed by atoms with Gasteiger partial charge in [-0.2, -0.15) is 0 Å². The number of esters is 1. The van der Waals surface area contributed by atoms with Crippen molar-refractivity contribution in [3.63, 3.8) is 0 Å². The molecular formula is C52H77NO11. The zero-order valence-corrected chi connectivity index (χ0v) is 40.0. The first-order valence-electron chi connectivity index (χ1n) is 23.9. The third-order valence-corrected chi connectivity index (χ3v) is 14.3. The molecule has 64 heavy (non-hydrogen) atoms. The number of rotatable bonds is 10. The molecule has 0 spiro atoms. The summed E-state index contributed by atoms with van der Waals surface area (Å²) >= 11 is 0. The van der Waals surface area contributed by atoms with Gasteiger partial charge in [-0.15, -0.1) is 0 Å². The van der Waals surface area contributed by atoms with E-state index in [-0.39, 0.29) is 54.6 Å². The molecule has 13 atom stereocenters. The molecule has 0 radical (unpaired) electrons. The van der Waals surface area contributed by atoms with Gasteiger partial charge in [0.05, 0.1) is 31.0 Å². The van der Waals surface area contributed by atoms with E-state index in [1.165, 1.54) is 4.90 Å². The zero-order chi connectivity index (χ0) is 46.6. The Bertz CT molecular complexity index is 1790. The van der Waals surface area contributed by atoms with Gasteiger partial charge in [-0.3, -0.25) is 14.4 Å². The third-order valence-electron chi connectivity index (χ3n) is 14.3. The predicted molar refractivity (Wildman–Crippen MR) is 246 cm³/mol. The average Bonchev–Trinajstić information content (AvgIpc) is 3.30. The van der Waals surface area contributed by atoms with E-state index in [1.54, 1.807) is 28.3 Å². The van der Waals surface area contributed by atoms with E-state index in [0.717, 1.165) is 36.0 Å². The number of amides is 1. The van der Waals surface area contributed by atoms with E-state index in [4.69, 9.17) is 28.4 Å². The van der Waals surface area contributed by atoms with Gasteiger partial charge in [0.15, 0.2) is 0 Å². The van der Waals surface area contributed by atoms with Crippen LogP contribution in [0.3, 0.4) is 0 Å². The molecule has 1 N–H and O–H groups in total. The average molecular weight is 892 g/mol. The number of ether oxygens (including phenoxy) is 6. The summed E-state index contributed by atoms with van der Waals surface area (Å²) in [6.07, 6.45) is 12.4. The minimum Gasteiger partial charge on any atom is -0.456 e. The number of piperidine rings is 1. The van der Waals surface area contributed by atoms with Crippen LogP contribution in [-0.2, 0) is 47.6 Å². The van der Waals surface area contributed by atoms with Crippen molar-refractivity contribution >= 4 is 29.5 Å². The van der Waals surface area contributed by atoms with E-state index >= 15 is 0 Å². The number of cyclic esters (lactones) is 1. The van der Waals surface area contributed by atoms with Crippen molar-refractivity contribution < 1.29 is 52.7 Å². The number of carbonyl (C=O) groups is 4. The maximum Gasteiger partial charge on any atom is 0.329 e. The SMILES string of the molecule is CCC1/C=C(\C)CC(C)CC(OC)C2OC(O)(C(=O)C(=O)N3CCCCC3C(=O)OC(C(C)=CC3CCC(OCC=Cc4ccccc4)C(OC)C3)C(C)CCC1=O)C(C)CC2OC. The summed E-state index contributed by atoms with van der Waals surface area (Å²) in [7, 11) is 4.83. The zero-order valence-electron chi connectivity index (χ0n) is 40.0. The fourth-order valence-electron chi connectivity index (χ4n) is 10.5. The van der Waals surface area contributed by atoms with Gasteiger partial charge in [-0.25, -0.2) is 4.79 Å². The molecule has 4 aliphatic rings. The van der Waals surface area contributed by atoms with Crippen LogP contribution in [0.1, 0.15) is 124 Å². The summed E-state index contributed by atoms with van der Waals surface area (Å²) in [5, 5.41) is 12.1. The van der Waals surface area contributed by atoms with Crippen molar-refractivity contribution in [2.75, 3.05) is 34.5 Å². The highest BCUT2D eigenvalue weighted by Crippen LogP contribution is 2.39. The predicted octanol–water partition coefficient (Wildman–Crippen LogP) is 8.24. The molecule has 1 saturated carbocycles. The maximum atomic E-state index is 14.5. The number of Topliss-reactive ketones (excluding diaryl/α,β-unsaturated/α-hetero) is 2. The smallest absolute Gasteiger partial charge is 0.329 e. The second-order valence-corrected chi connectivity index (χ2v) is 19.2. The number of allylic oxidation sites excluding steroid dienone is 3. The number of nitrogens with zero attached hydrogens (tertiary/aromatic N) is 1. The van der Waals surface area contributed by atoms with Gasteiger partial charge in [0.1, 0.15) is 24.0 Å². The number of ketones is 2. The Balaban J connectivity index is 1.42. The molecule has 3 fully saturated rings. The molecular weight excluding hydrogens is 815 g/mol. The van der Waals surface area contributed by atoms with E-state index < -0.39 is 59.8 Å². The van der Waals surface area contributed by atoms with Crippen LogP contribution in [0.25, 0.3) is 6.08 Å². The molecule has 1 aromatic carbocycles. The van der Waals surface area contributed by atoms with E-state index in [9.17, 15) is 24.3 Å². The third kappa shape index (κ3) is 13.1. The lowest BCUT2D eigenvalue weighted by Gasteiger charge is -2.47. The Hall–Kier alpha value is -3.52. The highest BCUT2D eigenvalue weighted by molar-refractivity contribution is 6.39. The molecule has 12 heteroatoms. The Labute approximate surface area is 382 Å². The molecule has 5 rings (SSSR count). The van der Waals surface area contributed by atoms with E-state index in [0.29, 0.717) is 58.0 Å². The molecule has 1 aliphatic carbocycles. The minimum atomic E-state index is -2.47. The van der Waals surface area contributed by atoms with Gasteiger partial charge in [-0.05, 0) is 113 Å². The summed E-state index contributed by atoms with van der Waals surface area (Å²) < 4.78 is 36.8. The first kappa shape index (κ1) is 51.5. The molecule has 13 unspecified atom stereocenters. The minimum absolute atomic E-state index is 0.0639. The number of hydrogen-bond acceptors (Lipinski definition) is 11. The van der Waals surface area contributed by atoms with Crippen LogP contribution in [0.15, 0.2) is 59.7 Å². The van der Waals surface area contributed by atoms with Gasteiger partial charge < -0.3 is 38.4 Å². The van der Waals surface area contributed by atoms with Gasteiger partial charge in [0.2, 0.25) is 5.79 Å². The first-order valence-corrected chi connectivity index (χ1v) is 23.9. The van der Waals surface area contributed by atoms with Gasteiger partial charge in [0.25, 0.3) is 11.7 Å². The van der Waals surface area contributed by atoms with Crippen molar-refractivity contribution in [3.05, 3.63) is 65.3 Å². The summed E-state index contributed by atoms with van der Waals surface area (Å²) in [4.78, 5) is 58.3. The summed E-state index contributed by atoms with van der Waals surface area (Å²) in [5.41, 5.74) is 3.06. The Morgan fingerprint density at radius 2 is 1.59 bits per heavy atom. The van der Waals surface area contributed by atoms with Gasteiger partial charge in [0, 0.05) is 46.1 Å². The number of carbonyl (C=O) groups excluding carboxylic acids is 4. The van der Waals surface area contributed by atoms with Gasteiger partial charge >= 0.3 is 5.97 Å². The molecule has 1 amide bonds. The van der Waals surface area contributed by atoms with E-state index in [2.05, 4.69) is 37.3 Å². The molecule has 3 aliphatic heterocycles. The molecule has 3 heterocycles. The quantitative estimate of drug-likeness (QED) is 0.138. The van der Waals surface area contributed by atoms with Crippen LogP contribution < -0.4 is 0 Å². The van der Waals surface area contributed by atoms with Crippen LogP contribution in [0.5, 0.6) is 0 Å². The molecule has 2 bridgehead atoms. The molecule has 356 valence electrons. The fourth-order valence-corrected chi connectivity index (χ4v) is 10.5. The highest BCUT2D eigenvalue weighted by Gasteiger charge is 2.56. The monoisotopic (exact) mass is 892 g/mol. The second kappa shape index (κ2) is 24.3. The topological polar surface area (TPSA) is 147 Å². The van der Waals surface area contributed by atoms with Crippen molar-refractivity contribution in [1.29, 1.82) is 0 Å². The number of fused-ring (bicyclic) bond motifs is 3. The van der Waals surface area contributed by atoms with Crippen molar-refractivity contribution in [3.8, 4) is 0 Å². The molecule has 2 saturated heterocycles. The van der Waals surface area contributed by atoms with Gasteiger partial charge in [-0.1, -0.05) is 87.9 Å². The first-order chi connectivity index (χ1) is 30.6. The van der Waals surface area contributed by atoms with Crippen molar-refractivity contribution in [1.82, 2.24) is 4.90 Å². The lowest BCUT2D eigenvalue weighted by molar-refractivity contribution is -0.302. The summed E-state index contributed by atoms with van der Waals surface area (Å²) in [6.45, 7) is 12.4. The van der Waals surface area contributed by atoms with Crippen LogP contribution in [0.4, 0.5) is 0 Å². The Morgan fingerprint density at radius 3 is 2.28 bits per heavy atom. The molecule has 12 nitrogen and oxygen atoms in total. The lowest BCUT2D eigenvalue weighted by atomic mass is 9.82. The number of hydrogen-bond donors (Lipinski definition) is 1. The largest absolute Gasteiger partial charge is 0.456 e. The number of aliphatic hydroxyl groups is 1. The lowest BCUT2D eigenvalue weighted by Crippen LogP contribution is -2.64. The molecule has 0 aromatic heterocycles. The van der Waals surface area contributed by atoms with Crippen LogP contribution in [0, 0.1) is 29.6 Å². The highest BCUT2D eigenvalue weighted by atomic mass is 16.7. The standard InChI is InChI=1S/C52H77NO11/c1-10-40-28-33(2)27-34(3)29-45(60-8)48-46(61-9)31-37(6)52(58,64-48)49(55)50(56)53-25-15-14-20-41(53)51(57)63-47(35(4)21-23-42(40)54)36(5)30-39-22-24-43(44(32-39)59-7)62-26-16-19-38-17-12-11-13-18-38/h11-13,16-19,28,30,34-35,37,39-41,43-48,58H,10,14-15,20-27,29,31-32H2,1-9H3/b19-16?,33-28+,36-30?. The Morgan fingerprint density at radius 1 is 0.891 bits per heavy atom. The summed E-state index contributed by atoms with van der Waals surface area (Å²) in [6, 6.07) is 9.06.